The number of hydrogen-bond donors (Lipinski definition) is 1. The van der Waals surface area contributed by atoms with Crippen molar-refractivity contribution in [3.8, 4) is 5.75 Å². The van der Waals surface area contributed by atoms with E-state index in [1.54, 1.807) is 19.2 Å². The van der Waals surface area contributed by atoms with Crippen LogP contribution in [0.25, 0.3) is 0 Å². The van der Waals surface area contributed by atoms with E-state index >= 15 is 0 Å². The Hall–Kier alpha value is -1.74. The molecule has 0 spiro atoms. The van der Waals surface area contributed by atoms with Crippen LogP contribution in [0.4, 0.5) is 10.1 Å². The van der Waals surface area contributed by atoms with Crippen LogP contribution in [0.2, 0.25) is 5.02 Å². The van der Waals surface area contributed by atoms with E-state index in [2.05, 4.69) is 11.4 Å². The first kappa shape index (κ1) is 13.7. The Balaban J connectivity index is 2.13. The molecule has 1 N–H and O–H groups in total. The van der Waals surface area contributed by atoms with Gasteiger partial charge in [0.25, 0.3) is 0 Å². The molecule has 0 aliphatic rings. The van der Waals surface area contributed by atoms with E-state index < -0.39 is 5.82 Å². The zero-order chi connectivity index (χ0) is 13.8. The van der Waals surface area contributed by atoms with Crippen molar-refractivity contribution in [2.75, 3.05) is 12.4 Å². The summed E-state index contributed by atoms with van der Waals surface area (Å²) >= 11 is 5.74. The van der Waals surface area contributed by atoms with Gasteiger partial charge in [-0.05, 0) is 31.2 Å². The first-order valence-electron chi connectivity index (χ1n) is 5.92. The molecule has 0 fully saturated rings. The third-order valence-electron chi connectivity index (χ3n) is 2.84. The summed E-state index contributed by atoms with van der Waals surface area (Å²) in [6.07, 6.45) is 0. The van der Waals surface area contributed by atoms with Crippen LogP contribution < -0.4 is 10.1 Å². The molecule has 0 amide bonds. The fourth-order valence-corrected chi connectivity index (χ4v) is 2.03. The van der Waals surface area contributed by atoms with E-state index in [1.165, 1.54) is 6.07 Å². The highest BCUT2D eigenvalue weighted by Gasteiger charge is 2.04. The first-order valence-corrected chi connectivity index (χ1v) is 6.30. The maximum atomic E-state index is 13.1. The lowest BCUT2D eigenvalue weighted by Crippen LogP contribution is -2.02. The van der Waals surface area contributed by atoms with Crippen LogP contribution in [0.5, 0.6) is 5.75 Å². The van der Waals surface area contributed by atoms with Gasteiger partial charge in [0, 0.05) is 17.8 Å². The summed E-state index contributed by atoms with van der Waals surface area (Å²) in [6, 6.07) is 10.6. The third kappa shape index (κ3) is 3.38. The van der Waals surface area contributed by atoms with Crippen LogP contribution in [0, 0.1) is 12.7 Å². The Bertz CT molecular complexity index is 586. The van der Waals surface area contributed by atoms with Gasteiger partial charge in [0.05, 0.1) is 12.1 Å². The fraction of sp³-hybridized carbons (Fsp3) is 0.200. The van der Waals surface area contributed by atoms with Crippen molar-refractivity contribution in [3.63, 3.8) is 0 Å². The Morgan fingerprint density at radius 1 is 1.21 bits per heavy atom. The van der Waals surface area contributed by atoms with E-state index in [0.717, 1.165) is 22.6 Å². The average molecular weight is 280 g/mol. The van der Waals surface area contributed by atoms with Gasteiger partial charge in [-0.25, -0.2) is 4.39 Å². The maximum Gasteiger partial charge on any atom is 0.141 e. The van der Waals surface area contributed by atoms with E-state index in [1.807, 2.05) is 19.1 Å². The molecule has 0 heterocycles. The van der Waals surface area contributed by atoms with Gasteiger partial charge >= 0.3 is 0 Å². The van der Waals surface area contributed by atoms with Crippen molar-refractivity contribution >= 4 is 17.3 Å². The van der Waals surface area contributed by atoms with Crippen LogP contribution in [-0.2, 0) is 6.54 Å². The van der Waals surface area contributed by atoms with Crippen LogP contribution in [0.3, 0.4) is 0 Å². The van der Waals surface area contributed by atoms with E-state index in [9.17, 15) is 4.39 Å². The number of rotatable bonds is 4. The van der Waals surface area contributed by atoms with Gasteiger partial charge in [0.1, 0.15) is 11.6 Å². The molecular weight excluding hydrogens is 265 g/mol. The van der Waals surface area contributed by atoms with Crippen molar-refractivity contribution in [1.82, 2.24) is 0 Å². The number of halogens is 2. The highest BCUT2D eigenvalue weighted by Crippen LogP contribution is 2.23. The number of methoxy groups -OCH3 is 1. The molecule has 0 bridgehead atoms. The van der Waals surface area contributed by atoms with Gasteiger partial charge in [-0.1, -0.05) is 29.3 Å². The second-order valence-electron chi connectivity index (χ2n) is 4.30. The summed E-state index contributed by atoms with van der Waals surface area (Å²) in [7, 11) is 1.64. The van der Waals surface area contributed by atoms with Crippen molar-refractivity contribution in [1.29, 1.82) is 0 Å². The summed E-state index contributed by atoms with van der Waals surface area (Å²) in [5.74, 6) is 0.409. The topological polar surface area (TPSA) is 21.3 Å². The summed E-state index contributed by atoms with van der Waals surface area (Å²) in [6.45, 7) is 2.62. The molecule has 0 aromatic heterocycles. The smallest absolute Gasteiger partial charge is 0.141 e. The van der Waals surface area contributed by atoms with Crippen molar-refractivity contribution in [3.05, 3.63) is 58.4 Å². The Kier molecular flexibility index (Phi) is 4.27. The van der Waals surface area contributed by atoms with Crippen LogP contribution in [0.1, 0.15) is 11.1 Å². The zero-order valence-corrected chi connectivity index (χ0v) is 11.6. The molecule has 0 unspecified atom stereocenters. The normalized spacial score (nSPS) is 10.3. The number of benzene rings is 2. The molecule has 0 atom stereocenters. The van der Waals surface area contributed by atoms with Gasteiger partial charge in [-0.15, -0.1) is 0 Å². The molecule has 0 aliphatic heterocycles. The predicted molar refractivity (Wildman–Crippen MR) is 76.5 cm³/mol. The molecule has 2 nitrogen and oxygen atoms in total. The minimum Gasteiger partial charge on any atom is -0.496 e. The summed E-state index contributed by atoms with van der Waals surface area (Å²) in [5.41, 5.74) is 2.98. The Morgan fingerprint density at radius 3 is 2.68 bits per heavy atom. The summed E-state index contributed by atoms with van der Waals surface area (Å²) < 4.78 is 18.4. The SMILES string of the molecule is COc1ccc(C)cc1CNc1ccc(F)c(Cl)c1. The Labute approximate surface area is 117 Å². The van der Waals surface area contributed by atoms with E-state index in [4.69, 9.17) is 16.3 Å². The maximum absolute atomic E-state index is 13.1. The molecule has 100 valence electrons. The lowest BCUT2D eigenvalue weighted by Gasteiger charge is -2.11. The highest BCUT2D eigenvalue weighted by atomic mass is 35.5. The average Bonchev–Trinajstić information content (AvgIpc) is 2.40. The van der Waals surface area contributed by atoms with E-state index in [-0.39, 0.29) is 5.02 Å². The molecule has 2 aromatic carbocycles. The van der Waals surface area contributed by atoms with Gasteiger partial charge in [-0.3, -0.25) is 0 Å². The molecule has 0 saturated carbocycles. The lowest BCUT2D eigenvalue weighted by molar-refractivity contribution is 0.410. The summed E-state index contributed by atoms with van der Waals surface area (Å²) in [5, 5.41) is 3.31. The second kappa shape index (κ2) is 5.93. The monoisotopic (exact) mass is 279 g/mol. The van der Waals surface area contributed by atoms with Gasteiger partial charge in [0.2, 0.25) is 0 Å². The zero-order valence-electron chi connectivity index (χ0n) is 10.8. The molecular formula is C15H15ClFNO. The molecule has 0 saturated heterocycles. The van der Waals surface area contributed by atoms with Crippen molar-refractivity contribution in [2.24, 2.45) is 0 Å². The molecule has 0 aliphatic carbocycles. The van der Waals surface area contributed by atoms with Gasteiger partial charge in [-0.2, -0.15) is 0 Å². The van der Waals surface area contributed by atoms with Crippen molar-refractivity contribution < 1.29 is 9.13 Å². The van der Waals surface area contributed by atoms with Crippen LogP contribution in [-0.4, -0.2) is 7.11 Å². The molecule has 0 radical (unpaired) electrons. The number of aryl methyl sites for hydroxylation is 1. The number of nitrogens with one attached hydrogen (secondary N) is 1. The molecule has 4 heteroatoms. The minimum absolute atomic E-state index is 0.112. The quantitative estimate of drug-likeness (QED) is 0.895. The van der Waals surface area contributed by atoms with Crippen LogP contribution in [0.15, 0.2) is 36.4 Å². The second-order valence-corrected chi connectivity index (χ2v) is 4.70. The molecule has 2 aromatic rings. The molecule has 2 rings (SSSR count). The standard InChI is InChI=1S/C15H15ClFNO/c1-10-3-6-15(19-2)11(7-10)9-18-12-4-5-14(17)13(16)8-12/h3-8,18H,9H2,1-2H3. The fourth-order valence-electron chi connectivity index (χ4n) is 1.85. The van der Waals surface area contributed by atoms with Gasteiger partial charge < -0.3 is 10.1 Å². The number of hydrogen-bond acceptors (Lipinski definition) is 2. The molecule has 19 heavy (non-hydrogen) atoms. The minimum atomic E-state index is -0.416. The van der Waals surface area contributed by atoms with Crippen LogP contribution >= 0.6 is 11.6 Å². The predicted octanol–water partition coefficient (Wildman–Crippen LogP) is 4.41. The summed E-state index contributed by atoms with van der Waals surface area (Å²) in [4.78, 5) is 0. The van der Waals surface area contributed by atoms with Gasteiger partial charge in [0.15, 0.2) is 0 Å². The number of ether oxygens (including phenoxy) is 1. The first-order chi connectivity index (χ1) is 9.10. The van der Waals surface area contributed by atoms with Crippen molar-refractivity contribution in [2.45, 2.75) is 13.5 Å². The van der Waals surface area contributed by atoms with E-state index in [0.29, 0.717) is 6.54 Å². The lowest BCUT2D eigenvalue weighted by atomic mass is 10.1. The highest BCUT2D eigenvalue weighted by molar-refractivity contribution is 6.31. The third-order valence-corrected chi connectivity index (χ3v) is 3.13. The largest absolute Gasteiger partial charge is 0.496 e. The number of anilines is 1. The Morgan fingerprint density at radius 2 is 2.00 bits per heavy atom.